The van der Waals surface area contributed by atoms with E-state index >= 15 is 0 Å². The summed E-state index contributed by atoms with van der Waals surface area (Å²) in [5.74, 6) is 0. The number of hydrogen-bond donors (Lipinski definition) is 0. The van der Waals surface area contributed by atoms with Crippen molar-refractivity contribution in [1.82, 2.24) is 0 Å². The Hall–Kier alpha value is -1.21. The first-order valence-corrected chi connectivity index (χ1v) is 9.19. The van der Waals surface area contributed by atoms with Gasteiger partial charge in [0.05, 0.1) is 0 Å². The summed E-state index contributed by atoms with van der Waals surface area (Å²) in [6.45, 7) is 18.1. The maximum atomic E-state index is 2.34. The molecule has 124 valence electrons. The van der Waals surface area contributed by atoms with Gasteiger partial charge in [-0.1, -0.05) is 65.4 Å². The van der Waals surface area contributed by atoms with Gasteiger partial charge < -0.3 is 0 Å². The highest BCUT2D eigenvalue weighted by Crippen LogP contribution is 2.35. The van der Waals surface area contributed by atoms with Crippen molar-refractivity contribution >= 4 is 11.8 Å². The van der Waals surface area contributed by atoms with Gasteiger partial charge in [-0.3, -0.25) is 0 Å². The van der Waals surface area contributed by atoms with Crippen LogP contribution < -0.4 is 0 Å². The lowest BCUT2D eigenvalue weighted by molar-refractivity contribution is 0.588. The first-order valence-electron chi connectivity index (χ1n) is 8.37. The second kappa shape index (κ2) is 6.36. The van der Waals surface area contributed by atoms with E-state index in [4.69, 9.17) is 0 Å². The summed E-state index contributed by atoms with van der Waals surface area (Å²) in [6.07, 6.45) is 0. The van der Waals surface area contributed by atoms with E-state index in [-0.39, 0.29) is 10.8 Å². The molecule has 0 amide bonds. The topological polar surface area (TPSA) is 0 Å². The van der Waals surface area contributed by atoms with Crippen LogP contribution in [0.1, 0.15) is 63.8 Å². The minimum Gasteiger partial charge on any atom is -0.0901 e. The van der Waals surface area contributed by atoms with Crippen molar-refractivity contribution in [3.63, 3.8) is 0 Å². The Balaban J connectivity index is 2.40. The molecule has 0 saturated carbocycles. The number of benzene rings is 2. The Morgan fingerprint density at radius 3 is 1.22 bits per heavy atom. The predicted molar refractivity (Wildman–Crippen MR) is 104 cm³/mol. The van der Waals surface area contributed by atoms with Crippen molar-refractivity contribution in [2.45, 2.75) is 76.0 Å². The zero-order chi connectivity index (χ0) is 17.4. The Labute approximate surface area is 146 Å². The Morgan fingerprint density at radius 1 is 0.565 bits per heavy atom. The summed E-state index contributed by atoms with van der Waals surface area (Å²) in [5, 5.41) is 0. The SMILES string of the molecule is Cc1cc(Sc2cc(C)cc(C(C)(C)C)c2)cc(C(C)(C)C)c1. The maximum Gasteiger partial charge on any atom is 0.0127 e. The fourth-order valence-electron chi connectivity index (χ4n) is 2.62. The van der Waals surface area contributed by atoms with E-state index in [9.17, 15) is 0 Å². The van der Waals surface area contributed by atoms with Crippen LogP contribution in [0.2, 0.25) is 0 Å². The van der Waals surface area contributed by atoms with Crippen molar-refractivity contribution in [3.8, 4) is 0 Å². The molecule has 0 aliphatic rings. The molecule has 0 atom stereocenters. The Morgan fingerprint density at radius 2 is 0.913 bits per heavy atom. The number of hydrogen-bond acceptors (Lipinski definition) is 1. The highest BCUT2D eigenvalue weighted by Gasteiger charge is 2.17. The molecule has 0 unspecified atom stereocenters. The van der Waals surface area contributed by atoms with E-state index in [1.165, 1.54) is 32.0 Å². The van der Waals surface area contributed by atoms with Crippen LogP contribution in [-0.4, -0.2) is 0 Å². The van der Waals surface area contributed by atoms with Gasteiger partial charge in [-0.25, -0.2) is 0 Å². The highest BCUT2D eigenvalue weighted by molar-refractivity contribution is 7.99. The van der Waals surface area contributed by atoms with Crippen molar-refractivity contribution in [2.75, 3.05) is 0 Å². The van der Waals surface area contributed by atoms with Crippen LogP contribution >= 0.6 is 11.8 Å². The minimum atomic E-state index is 0.185. The van der Waals surface area contributed by atoms with Gasteiger partial charge in [-0.2, -0.15) is 0 Å². The normalized spacial score (nSPS) is 12.5. The van der Waals surface area contributed by atoms with Gasteiger partial charge in [-0.05, 0) is 71.2 Å². The van der Waals surface area contributed by atoms with Crippen LogP contribution in [-0.2, 0) is 10.8 Å². The predicted octanol–water partition coefficient (Wildman–Crippen LogP) is 7.05. The highest BCUT2D eigenvalue weighted by atomic mass is 32.2. The van der Waals surface area contributed by atoms with Gasteiger partial charge in [0.1, 0.15) is 0 Å². The van der Waals surface area contributed by atoms with E-state index in [0.717, 1.165) is 0 Å². The van der Waals surface area contributed by atoms with Gasteiger partial charge in [0.15, 0.2) is 0 Å². The van der Waals surface area contributed by atoms with Crippen LogP contribution in [0.3, 0.4) is 0 Å². The average Bonchev–Trinajstić information content (AvgIpc) is 2.35. The van der Waals surface area contributed by atoms with E-state index in [1.807, 2.05) is 11.8 Å². The molecule has 0 heterocycles. The minimum absolute atomic E-state index is 0.185. The lowest BCUT2D eigenvalue weighted by Gasteiger charge is -2.22. The van der Waals surface area contributed by atoms with Crippen molar-refractivity contribution in [3.05, 3.63) is 58.7 Å². The molecule has 0 aromatic heterocycles. The third-order valence-electron chi connectivity index (χ3n) is 4.07. The van der Waals surface area contributed by atoms with Crippen LogP contribution in [0.15, 0.2) is 46.2 Å². The third kappa shape index (κ3) is 4.88. The molecular formula is C22H30S. The number of rotatable bonds is 2. The van der Waals surface area contributed by atoms with Crippen LogP contribution in [0.5, 0.6) is 0 Å². The smallest absolute Gasteiger partial charge is 0.0127 e. The van der Waals surface area contributed by atoms with Crippen molar-refractivity contribution < 1.29 is 0 Å². The molecular weight excluding hydrogens is 296 g/mol. The van der Waals surface area contributed by atoms with Gasteiger partial charge in [0, 0.05) is 9.79 Å². The molecule has 0 bridgehead atoms. The Kier molecular flexibility index (Phi) is 5.01. The van der Waals surface area contributed by atoms with E-state index in [1.54, 1.807) is 0 Å². The van der Waals surface area contributed by atoms with Crippen LogP contribution in [0, 0.1) is 13.8 Å². The van der Waals surface area contributed by atoms with Gasteiger partial charge in [-0.15, -0.1) is 0 Å². The first-order chi connectivity index (χ1) is 10.4. The van der Waals surface area contributed by atoms with Gasteiger partial charge in [0.25, 0.3) is 0 Å². The molecule has 0 saturated heterocycles. The average molecular weight is 327 g/mol. The first kappa shape index (κ1) is 18.1. The van der Waals surface area contributed by atoms with E-state index in [0.29, 0.717) is 0 Å². The Bertz CT molecular complexity index is 635. The summed E-state index contributed by atoms with van der Waals surface area (Å²) < 4.78 is 0. The molecule has 1 heteroatoms. The fraction of sp³-hybridized carbons (Fsp3) is 0.455. The molecule has 0 nitrogen and oxygen atoms in total. The molecule has 0 radical (unpaired) electrons. The molecule has 2 rings (SSSR count). The molecule has 2 aromatic rings. The van der Waals surface area contributed by atoms with E-state index < -0.39 is 0 Å². The molecule has 0 fully saturated rings. The summed E-state index contributed by atoms with van der Waals surface area (Å²) in [4.78, 5) is 2.67. The van der Waals surface area contributed by atoms with Gasteiger partial charge in [0.2, 0.25) is 0 Å². The summed E-state index contributed by atoms with van der Waals surface area (Å²) in [7, 11) is 0. The molecule has 0 spiro atoms. The van der Waals surface area contributed by atoms with Crippen LogP contribution in [0.4, 0.5) is 0 Å². The molecule has 23 heavy (non-hydrogen) atoms. The summed E-state index contributed by atoms with van der Waals surface area (Å²) in [5.41, 5.74) is 5.86. The van der Waals surface area contributed by atoms with E-state index in [2.05, 4.69) is 91.8 Å². The molecule has 2 aromatic carbocycles. The lowest BCUT2D eigenvalue weighted by atomic mass is 9.86. The zero-order valence-electron chi connectivity index (χ0n) is 15.9. The molecule has 0 aliphatic heterocycles. The third-order valence-corrected chi connectivity index (χ3v) is 5.01. The quantitative estimate of drug-likeness (QED) is 0.569. The maximum absolute atomic E-state index is 2.34. The van der Waals surface area contributed by atoms with Crippen molar-refractivity contribution in [1.29, 1.82) is 0 Å². The molecule has 0 aliphatic carbocycles. The summed E-state index contributed by atoms with van der Waals surface area (Å²) >= 11 is 1.88. The fourth-order valence-corrected chi connectivity index (χ4v) is 3.75. The second-order valence-corrected chi connectivity index (χ2v) is 9.82. The standard InChI is InChI=1S/C22H30S/c1-15-9-17(21(3,4)5)13-19(11-15)23-20-12-16(2)10-18(14-20)22(6,7)8/h9-14H,1-8H3. The lowest BCUT2D eigenvalue weighted by Crippen LogP contribution is -2.11. The number of aryl methyl sites for hydroxylation is 2. The zero-order valence-corrected chi connectivity index (χ0v) is 16.7. The molecule has 0 N–H and O–H groups in total. The second-order valence-electron chi connectivity index (χ2n) is 8.67. The van der Waals surface area contributed by atoms with Crippen LogP contribution in [0.25, 0.3) is 0 Å². The van der Waals surface area contributed by atoms with Crippen molar-refractivity contribution in [2.24, 2.45) is 0 Å². The largest absolute Gasteiger partial charge is 0.0901 e. The summed E-state index contributed by atoms with van der Waals surface area (Å²) in [6, 6.07) is 13.9. The monoisotopic (exact) mass is 326 g/mol. The van der Waals surface area contributed by atoms with Gasteiger partial charge >= 0.3 is 0 Å².